The topological polar surface area (TPSA) is 131 Å². The highest BCUT2D eigenvalue weighted by molar-refractivity contribution is 5.83. The van der Waals surface area contributed by atoms with Crippen molar-refractivity contribution in [2.24, 2.45) is 0 Å². The normalized spacial score (nSPS) is 24.1. The first-order valence-electron chi connectivity index (χ1n) is 16.0. The fraction of sp³-hybridized carbons (Fsp3) is 0.625. The van der Waals surface area contributed by atoms with E-state index in [1.807, 2.05) is 6.92 Å². The lowest BCUT2D eigenvalue weighted by Crippen LogP contribution is -2.43. The summed E-state index contributed by atoms with van der Waals surface area (Å²) in [5, 5.41) is 3.45. The molecule has 3 aromatic heterocycles. The molecule has 0 aromatic carbocycles. The number of hydrogen-bond acceptors (Lipinski definition) is 9. The summed E-state index contributed by atoms with van der Waals surface area (Å²) in [6.45, 7) is 5.94. The molecule has 4 N–H and O–H groups in total. The van der Waals surface area contributed by atoms with Crippen molar-refractivity contribution < 1.29 is 18.3 Å². The van der Waals surface area contributed by atoms with Gasteiger partial charge in [-0.25, -0.2) is 13.8 Å². The lowest BCUT2D eigenvalue weighted by Gasteiger charge is -2.30. The molecular weight excluding hydrogens is 568 g/mol. The van der Waals surface area contributed by atoms with Crippen LogP contribution in [0.15, 0.2) is 17.1 Å². The third-order valence-electron chi connectivity index (χ3n) is 9.44. The number of alkyl halides is 1. The molecule has 0 saturated carbocycles. The number of unbranched alkanes of at least 4 members (excludes halogenated alkanes) is 2. The maximum atomic E-state index is 16.2. The molecule has 10 nitrogen and oxygen atoms in total. The lowest BCUT2D eigenvalue weighted by molar-refractivity contribution is 0.0483. The van der Waals surface area contributed by atoms with Crippen LogP contribution in [0.1, 0.15) is 69.0 Å². The van der Waals surface area contributed by atoms with Crippen molar-refractivity contribution in [2.45, 2.75) is 88.9 Å². The molecule has 0 amide bonds. The van der Waals surface area contributed by atoms with Gasteiger partial charge in [0.05, 0.1) is 17.0 Å². The van der Waals surface area contributed by atoms with E-state index in [4.69, 9.17) is 15.2 Å². The summed E-state index contributed by atoms with van der Waals surface area (Å²) in [6.07, 6.45) is 9.80. The molecule has 3 saturated heterocycles. The average molecular weight is 612 g/mol. The number of aromatic nitrogens is 4. The molecule has 44 heavy (non-hydrogen) atoms. The SMILES string of the molecule is Cc1nc(N)cc(-c2ncc3c(=O)[nH]c(OC[C@@]45CCCN4C[C@H](F)C5)nc3c2F)c1CCCCCOC1CCCCNC1. The van der Waals surface area contributed by atoms with Crippen molar-refractivity contribution in [1.82, 2.24) is 30.2 Å². The molecule has 3 aliphatic heterocycles. The number of pyridine rings is 2. The Bertz CT molecular complexity index is 1530. The molecule has 0 aliphatic carbocycles. The average Bonchev–Trinajstić information content (AvgIpc) is 3.38. The lowest BCUT2D eigenvalue weighted by atomic mass is 9.95. The first-order valence-corrected chi connectivity index (χ1v) is 16.0. The van der Waals surface area contributed by atoms with Crippen LogP contribution in [0.25, 0.3) is 22.2 Å². The smallest absolute Gasteiger partial charge is 0.297 e. The van der Waals surface area contributed by atoms with Crippen molar-refractivity contribution in [1.29, 1.82) is 0 Å². The number of H-pyrrole nitrogens is 1. The first-order chi connectivity index (χ1) is 21.3. The molecule has 6 rings (SSSR count). The largest absolute Gasteiger partial charge is 0.463 e. The number of halogens is 2. The summed E-state index contributed by atoms with van der Waals surface area (Å²) in [5.41, 5.74) is 7.18. The van der Waals surface area contributed by atoms with Crippen molar-refractivity contribution in [3.05, 3.63) is 39.7 Å². The van der Waals surface area contributed by atoms with Crippen LogP contribution < -0.4 is 21.3 Å². The summed E-state index contributed by atoms with van der Waals surface area (Å²) in [5.74, 6) is -0.459. The van der Waals surface area contributed by atoms with Gasteiger partial charge in [-0.1, -0.05) is 6.42 Å². The minimum absolute atomic E-state index is 0.0214. The predicted octanol–water partition coefficient (Wildman–Crippen LogP) is 4.24. The van der Waals surface area contributed by atoms with Crippen LogP contribution >= 0.6 is 0 Å². The van der Waals surface area contributed by atoms with Gasteiger partial charge in [-0.3, -0.25) is 19.7 Å². The number of nitrogens with two attached hydrogens (primary N) is 1. The zero-order chi connectivity index (χ0) is 30.7. The van der Waals surface area contributed by atoms with Gasteiger partial charge in [0.2, 0.25) is 0 Å². The molecule has 238 valence electrons. The number of ether oxygens (including phenoxy) is 2. The Morgan fingerprint density at radius 2 is 2.09 bits per heavy atom. The molecule has 0 bridgehead atoms. The third kappa shape index (κ3) is 6.57. The van der Waals surface area contributed by atoms with Crippen LogP contribution in [-0.2, 0) is 11.2 Å². The van der Waals surface area contributed by atoms with E-state index in [0.29, 0.717) is 30.6 Å². The Kier molecular flexibility index (Phi) is 9.39. The number of fused-ring (bicyclic) bond motifs is 2. The van der Waals surface area contributed by atoms with Gasteiger partial charge in [-0.05, 0) is 83.0 Å². The maximum absolute atomic E-state index is 16.2. The number of anilines is 1. The Morgan fingerprint density at radius 1 is 1.20 bits per heavy atom. The van der Waals surface area contributed by atoms with E-state index in [-0.39, 0.29) is 41.1 Å². The molecule has 6 heterocycles. The number of hydrogen-bond donors (Lipinski definition) is 3. The standard InChI is InChI=1S/C32H43F2N7O3/c1-20-23(9-3-2-6-13-43-22-8-4-5-11-36-16-22)24(14-26(35)38-20)28-27(34)29-25(17-37-28)30(42)40-31(39-29)44-19-32-10-7-12-41(32)18-21(33)15-32/h14,17,21-22,36H,2-13,15-16,18-19H2,1H3,(H2,35,38)(H,39,40,42)/t21-,22?,32+/m1/s1. The van der Waals surface area contributed by atoms with E-state index in [2.05, 4.69) is 30.2 Å². The maximum Gasteiger partial charge on any atom is 0.297 e. The summed E-state index contributed by atoms with van der Waals surface area (Å²) in [4.78, 5) is 30.7. The highest BCUT2D eigenvalue weighted by atomic mass is 19.1. The highest BCUT2D eigenvalue weighted by Crippen LogP contribution is 2.40. The molecule has 1 unspecified atom stereocenters. The van der Waals surface area contributed by atoms with Crippen LogP contribution in [0.2, 0.25) is 0 Å². The van der Waals surface area contributed by atoms with Crippen molar-refractivity contribution in [2.75, 3.05) is 45.1 Å². The number of nitrogens with one attached hydrogen (secondary N) is 2. The van der Waals surface area contributed by atoms with Crippen molar-refractivity contribution in [3.8, 4) is 17.3 Å². The van der Waals surface area contributed by atoms with Gasteiger partial charge >= 0.3 is 0 Å². The van der Waals surface area contributed by atoms with Crippen LogP contribution in [0.4, 0.5) is 14.6 Å². The summed E-state index contributed by atoms with van der Waals surface area (Å²) >= 11 is 0. The van der Waals surface area contributed by atoms with Gasteiger partial charge in [0.1, 0.15) is 29.8 Å². The second kappa shape index (κ2) is 13.4. The molecule has 3 atom stereocenters. The zero-order valence-corrected chi connectivity index (χ0v) is 25.5. The quantitative estimate of drug-likeness (QED) is 0.273. The third-order valence-corrected chi connectivity index (χ3v) is 9.44. The minimum atomic E-state index is -0.906. The van der Waals surface area contributed by atoms with E-state index in [0.717, 1.165) is 70.3 Å². The number of nitrogens with zero attached hydrogens (tertiary/aromatic N) is 4. The molecule has 3 aliphatic rings. The fourth-order valence-corrected chi connectivity index (χ4v) is 7.16. The number of aromatic amines is 1. The van der Waals surface area contributed by atoms with E-state index in [1.54, 1.807) is 6.07 Å². The van der Waals surface area contributed by atoms with Crippen LogP contribution in [-0.4, -0.2) is 82.0 Å². The second-order valence-corrected chi connectivity index (χ2v) is 12.6. The van der Waals surface area contributed by atoms with Crippen molar-refractivity contribution in [3.63, 3.8) is 0 Å². The molecule has 0 spiro atoms. The molecule has 12 heteroatoms. The first kappa shape index (κ1) is 30.8. The van der Waals surface area contributed by atoms with E-state index < -0.39 is 23.1 Å². The summed E-state index contributed by atoms with van der Waals surface area (Å²) < 4.78 is 42.4. The van der Waals surface area contributed by atoms with Crippen LogP contribution in [0.5, 0.6) is 6.01 Å². The molecule has 0 radical (unpaired) electrons. The van der Waals surface area contributed by atoms with Gasteiger partial charge in [0.25, 0.3) is 11.6 Å². The highest BCUT2D eigenvalue weighted by Gasteiger charge is 2.49. The Balaban J connectivity index is 1.18. The van der Waals surface area contributed by atoms with Crippen LogP contribution in [0.3, 0.4) is 0 Å². The van der Waals surface area contributed by atoms with Gasteiger partial charge in [0.15, 0.2) is 5.82 Å². The fourth-order valence-electron chi connectivity index (χ4n) is 7.16. The molecule has 3 fully saturated rings. The number of aryl methyl sites for hydroxylation is 1. The van der Waals surface area contributed by atoms with Gasteiger partial charge in [-0.15, -0.1) is 0 Å². The minimum Gasteiger partial charge on any atom is -0.463 e. The van der Waals surface area contributed by atoms with E-state index in [1.165, 1.54) is 19.0 Å². The molecular formula is C32H43F2N7O3. The second-order valence-electron chi connectivity index (χ2n) is 12.6. The number of rotatable bonds is 11. The number of nitrogen functional groups attached to an aromatic ring is 1. The van der Waals surface area contributed by atoms with Crippen LogP contribution in [0, 0.1) is 12.7 Å². The Labute approximate surface area is 256 Å². The predicted molar refractivity (Wildman–Crippen MR) is 165 cm³/mol. The monoisotopic (exact) mass is 611 g/mol. The van der Waals surface area contributed by atoms with Crippen molar-refractivity contribution >= 4 is 16.7 Å². The zero-order valence-electron chi connectivity index (χ0n) is 25.5. The summed E-state index contributed by atoms with van der Waals surface area (Å²) in [6, 6.07) is 1.54. The molecule has 3 aromatic rings. The van der Waals surface area contributed by atoms with Gasteiger partial charge < -0.3 is 20.5 Å². The Morgan fingerprint density at radius 3 is 2.98 bits per heavy atom. The van der Waals surface area contributed by atoms with E-state index in [9.17, 15) is 9.18 Å². The van der Waals surface area contributed by atoms with Gasteiger partial charge in [-0.2, -0.15) is 4.98 Å². The summed E-state index contributed by atoms with van der Waals surface area (Å²) in [7, 11) is 0. The van der Waals surface area contributed by atoms with Gasteiger partial charge in [0, 0.05) is 43.6 Å². The Hall–Kier alpha value is -3.22. The van der Waals surface area contributed by atoms with E-state index >= 15 is 4.39 Å².